The largest absolute Gasteiger partial charge is 0.482 e. The van der Waals surface area contributed by atoms with Gasteiger partial charge in [0.15, 0.2) is 11.7 Å². The summed E-state index contributed by atoms with van der Waals surface area (Å²) in [6.07, 6.45) is 4.31. The molecule has 1 aromatic heterocycles. The highest BCUT2D eigenvalue weighted by Gasteiger charge is 2.22. The molecule has 0 spiro atoms. The lowest BCUT2D eigenvalue weighted by Crippen LogP contribution is -2.42. The minimum Gasteiger partial charge on any atom is -0.482 e. The average Bonchev–Trinajstić information content (AvgIpc) is 3.06. The predicted octanol–water partition coefficient (Wildman–Crippen LogP) is 0.589. The number of carbonyl (C=O) groups excluding carboxylic acids is 2. The molecule has 2 heterocycles. The first-order chi connectivity index (χ1) is 11.3. The van der Waals surface area contributed by atoms with Crippen LogP contribution in [-0.2, 0) is 19.6 Å². The molecule has 2 rings (SSSR count). The molecule has 8 nitrogen and oxygen atoms in total. The average molecular weight is 371 g/mol. The topological polar surface area (TPSA) is 105 Å². The first-order valence-electron chi connectivity index (χ1n) is 6.85. The number of amides is 1. The van der Waals surface area contributed by atoms with E-state index in [9.17, 15) is 18.0 Å². The van der Waals surface area contributed by atoms with E-state index in [1.807, 2.05) is 10.2 Å². The fraction of sp³-hybridized carbons (Fsp3) is 0.286. The Morgan fingerprint density at radius 1 is 1.42 bits per heavy atom. The number of allylic oxidation sites excluding steroid dienone is 1. The van der Waals surface area contributed by atoms with Crippen molar-refractivity contribution in [1.82, 2.24) is 15.2 Å². The SMILES string of the molecule is COC1=CCC(C(=O)NNS(C)(=O)=O)=CN1CC(=O)c1cccs1. The Labute approximate surface area is 143 Å². The van der Waals surface area contributed by atoms with Gasteiger partial charge < -0.3 is 9.64 Å². The lowest BCUT2D eigenvalue weighted by atomic mass is 10.1. The van der Waals surface area contributed by atoms with E-state index in [1.165, 1.54) is 29.5 Å². The van der Waals surface area contributed by atoms with E-state index in [1.54, 1.807) is 18.2 Å². The van der Waals surface area contributed by atoms with Gasteiger partial charge in [-0.05, 0) is 17.5 Å². The number of sulfonamides is 1. The maximum Gasteiger partial charge on any atom is 0.263 e. The lowest BCUT2D eigenvalue weighted by Gasteiger charge is -2.26. The number of ether oxygens (including phenoxy) is 1. The molecule has 0 fully saturated rings. The Balaban J connectivity index is 2.10. The summed E-state index contributed by atoms with van der Waals surface area (Å²) in [6, 6.07) is 3.51. The van der Waals surface area contributed by atoms with Crippen LogP contribution in [0.2, 0.25) is 0 Å². The van der Waals surface area contributed by atoms with Crippen LogP contribution in [0, 0.1) is 0 Å². The van der Waals surface area contributed by atoms with Crippen molar-refractivity contribution >= 4 is 33.1 Å². The molecule has 130 valence electrons. The number of hydrogen-bond donors (Lipinski definition) is 2. The van der Waals surface area contributed by atoms with E-state index in [0.717, 1.165) is 6.26 Å². The summed E-state index contributed by atoms with van der Waals surface area (Å²) in [4.78, 5) is 28.3. The summed E-state index contributed by atoms with van der Waals surface area (Å²) in [5.41, 5.74) is 2.40. The van der Waals surface area contributed by atoms with Crippen LogP contribution in [-0.4, -0.2) is 44.9 Å². The molecule has 0 saturated heterocycles. The Morgan fingerprint density at radius 3 is 2.75 bits per heavy atom. The number of Topliss-reactive ketones (excluding diaryl/α,β-unsaturated/α-hetero) is 1. The summed E-state index contributed by atoms with van der Waals surface area (Å²) in [6.45, 7) is 0.0104. The number of methoxy groups -OCH3 is 1. The Bertz CT molecular complexity index is 781. The molecule has 0 bridgehead atoms. The van der Waals surface area contributed by atoms with Crippen molar-refractivity contribution in [2.45, 2.75) is 6.42 Å². The van der Waals surface area contributed by atoms with Crippen molar-refractivity contribution in [3.8, 4) is 0 Å². The second kappa shape index (κ2) is 7.60. The maximum atomic E-state index is 12.2. The summed E-state index contributed by atoms with van der Waals surface area (Å²) in [5, 5.41) is 1.81. The highest BCUT2D eigenvalue weighted by atomic mass is 32.2. The van der Waals surface area contributed by atoms with Crippen molar-refractivity contribution < 1.29 is 22.7 Å². The van der Waals surface area contributed by atoms with Gasteiger partial charge in [0.05, 0.1) is 24.8 Å². The number of thiophene rings is 1. The zero-order chi connectivity index (χ0) is 17.7. The van der Waals surface area contributed by atoms with Crippen LogP contribution >= 0.6 is 11.3 Å². The quantitative estimate of drug-likeness (QED) is 0.537. The van der Waals surface area contributed by atoms with Crippen LogP contribution in [0.5, 0.6) is 0 Å². The van der Waals surface area contributed by atoms with Gasteiger partial charge in [-0.15, -0.1) is 16.2 Å². The van der Waals surface area contributed by atoms with E-state index < -0.39 is 15.9 Å². The molecular formula is C14H17N3O5S2. The van der Waals surface area contributed by atoms with Crippen LogP contribution in [0.4, 0.5) is 0 Å². The highest BCUT2D eigenvalue weighted by molar-refractivity contribution is 7.88. The smallest absolute Gasteiger partial charge is 0.263 e. The van der Waals surface area contributed by atoms with E-state index in [-0.39, 0.29) is 18.7 Å². The second-order valence-corrected chi connectivity index (χ2v) is 7.66. The van der Waals surface area contributed by atoms with Gasteiger partial charge in [0, 0.05) is 18.2 Å². The van der Waals surface area contributed by atoms with E-state index >= 15 is 0 Å². The summed E-state index contributed by atoms with van der Waals surface area (Å²) >= 11 is 1.33. The van der Waals surface area contributed by atoms with Gasteiger partial charge in [0.2, 0.25) is 10.0 Å². The summed E-state index contributed by atoms with van der Waals surface area (Å²) in [7, 11) is -2.08. The van der Waals surface area contributed by atoms with Crippen LogP contribution in [0.3, 0.4) is 0 Å². The predicted molar refractivity (Wildman–Crippen MR) is 89.3 cm³/mol. The summed E-state index contributed by atoms with van der Waals surface area (Å²) < 4.78 is 27.3. The van der Waals surface area contributed by atoms with Crippen LogP contribution in [0.1, 0.15) is 16.1 Å². The number of ketones is 1. The zero-order valence-corrected chi connectivity index (χ0v) is 14.7. The van der Waals surface area contributed by atoms with E-state index in [2.05, 4.69) is 5.43 Å². The van der Waals surface area contributed by atoms with Gasteiger partial charge in [-0.1, -0.05) is 6.07 Å². The molecule has 1 aliphatic heterocycles. The lowest BCUT2D eigenvalue weighted by molar-refractivity contribution is -0.118. The van der Waals surface area contributed by atoms with Crippen LogP contribution in [0.25, 0.3) is 0 Å². The van der Waals surface area contributed by atoms with Gasteiger partial charge in [0.25, 0.3) is 5.91 Å². The van der Waals surface area contributed by atoms with Gasteiger partial charge >= 0.3 is 0 Å². The van der Waals surface area contributed by atoms with Crippen molar-refractivity contribution in [2.24, 2.45) is 0 Å². The van der Waals surface area contributed by atoms with Gasteiger partial charge in [-0.2, -0.15) is 0 Å². The Morgan fingerprint density at radius 2 is 2.17 bits per heavy atom. The molecule has 0 saturated carbocycles. The summed E-state index contributed by atoms with van der Waals surface area (Å²) in [5.74, 6) is -0.256. The number of rotatable bonds is 7. The fourth-order valence-electron chi connectivity index (χ4n) is 1.98. The first-order valence-corrected chi connectivity index (χ1v) is 9.62. The molecule has 1 amide bonds. The first kappa shape index (κ1) is 18.2. The van der Waals surface area contributed by atoms with E-state index in [0.29, 0.717) is 16.3 Å². The van der Waals surface area contributed by atoms with E-state index in [4.69, 9.17) is 4.74 Å². The molecule has 0 aliphatic carbocycles. The standard InChI is InChI=1S/C14H17N3O5S2/c1-22-13-6-5-10(14(19)15-16-24(2,20)21)8-17(13)9-11(18)12-4-3-7-23-12/h3-4,6-8,16H,5,9H2,1-2H3,(H,15,19). The molecule has 1 aliphatic rings. The third-order valence-corrected chi connectivity index (χ3v) is 4.44. The molecular weight excluding hydrogens is 354 g/mol. The molecule has 0 radical (unpaired) electrons. The monoisotopic (exact) mass is 371 g/mol. The normalized spacial score (nSPS) is 14.7. The number of nitrogens with one attached hydrogen (secondary N) is 2. The third-order valence-electron chi connectivity index (χ3n) is 3.05. The van der Waals surface area contributed by atoms with Gasteiger partial charge in [-0.3, -0.25) is 15.0 Å². The highest BCUT2D eigenvalue weighted by Crippen LogP contribution is 2.20. The Kier molecular flexibility index (Phi) is 5.75. The molecule has 0 aromatic carbocycles. The molecule has 0 atom stereocenters. The molecule has 0 unspecified atom stereocenters. The van der Waals surface area contributed by atoms with Crippen molar-refractivity contribution in [1.29, 1.82) is 0 Å². The second-order valence-electron chi connectivity index (χ2n) is 4.96. The third kappa shape index (κ3) is 4.91. The zero-order valence-electron chi connectivity index (χ0n) is 13.1. The number of hydrogen-bond acceptors (Lipinski definition) is 7. The maximum absolute atomic E-state index is 12.2. The van der Waals surface area contributed by atoms with Crippen molar-refractivity contribution in [3.63, 3.8) is 0 Å². The minimum absolute atomic E-state index is 0.0104. The minimum atomic E-state index is -3.55. The van der Waals surface area contributed by atoms with Crippen molar-refractivity contribution in [3.05, 3.63) is 46.1 Å². The molecule has 10 heteroatoms. The molecule has 1 aromatic rings. The van der Waals surface area contributed by atoms with Gasteiger partial charge in [0.1, 0.15) is 0 Å². The molecule has 24 heavy (non-hydrogen) atoms. The van der Waals surface area contributed by atoms with Crippen LogP contribution < -0.4 is 10.3 Å². The van der Waals surface area contributed by atoms with Crippen LogP contribution in [0.15, 0.2) is 41.2 Å². The molecule has 2 N–H and O–H groups in total. The van der Waals surface area contributed by atoms with Gasteiger partial charge in [-0.25, -0.2) is 8.42 Å². The Hall–Kier alpha value is -2.17. The number of nitrogens with zero attached hydrogens (tertiary/aromatic N) is 1. The van der Waals surface area contributed by atoms with Crippen molar-refractivity contribution in [2.75, 3.05) is 19.9 Å². The fourth-order valence-corrected chi connectivity index (χ4v) is 2.92. The number of hydrazine groups is 1. The number of carbonyl (C=O) groups is 2.